The molecule has 0 aromatic rings. The molecule has 0 saturated heterocycles. The normalized spacial score (nSPS) is 11.0. The third-order valence-electron chi connectivity index (χ3n) is 0.921. The number of carbonyl (C=O) groups excluding carboxylic acids is 2. The van der Waals surface area contributed by atoms with Gasteiger partial charge in [0.25, 0.3) is 0 Å². The molecule has 0 bridgehead atoms. The highest BCUT2D eigenvalue weighted by Gasteiger charge is 2.24. The molecule has 0 aromatic heterocycles. The number of nitrogens with two attached hydrogens (primary N) is 1. The summed E-state index contributed by atoms with van der Waals surface area (Å²) < 4.78 is 8.33. The molecule has 0 saturated carbocycles. The van der Waals surface area contributed by atoms with Gasteiger partial charge in [-0.1, -0.05) is 13.8 Å². The Balaban J connectivity index is -0.000000307. The molecular weight excluding hydrogens is 294 g/mol. The fourth-order valence-electron chi connectivity index (χ4n) is 0.403. The number of rotatable bonds is 4. The van der Waals surface area contributed by atoms with Crippen molar-refractivity contribution < 1.29 is 29.3 Å². The standard InChI is InChI=1S/C5H9NO5S.C3H8OS.C2H6/c6-3(4(8)10-1-7)5(9)11-2-12;1-3(2,4)5;1-2/h3,7,12H,1-2,6H2;4-5H,1-2H3;1-2H3. The zero-order valence-electron chi connectivity index (χ0n) is 11.5. The van der Waals surface area contributed by atoms with Gasteiger partial charge in [0.05, 0.1) is 0 Å². The number of thiol groups is 2. The van der Waals surface area contributed by atoms with Crippen LogP contribution in [0.15, 0.2) is 0 Å². The molecule has 19 heavy (non-hydrogen) atoms. The topological polar surface area (TPSA) is 119 Å². The summed E-state index contributed by atoms with van der Waals surface area (Å²) in [4.78, 5) is 20.5. The lowest BCUT2D eigenvalue weighted by molar-refractivity contribution is -0.160. The maximum Gasteiger partial charge on any atom is 0.336 e. The largest absolute Gasteiger partial charge is 0.453 e. The van der Waals surface area contributed by atoms with Crippen molar-refractivity contribution in [3.8, 4) is 0 Å². The first-order valence-electron chi connectivity index (χ1n) is 5.38. The van der Waals surface area contributed by atoms with Crippen LogP contribution in [0.4, 0.5) is 0 Å². The maximum atomic E-state index is 10.7. The molecule has 0 amide bonds. The number of aliphatic hydroxyl groups is 2. The van der Waals surface area contributed by atoms with Crippen LogP contribution in [0.1, 0.15) is 27.7 Å². The van der Waals surface area contributed by atoms with Gasteiger partial charge in [-0.2, -0.15) is 0 Å². The van der Waals surface area contributed by atoms with E-state index in [0.717, 1.165) is 0 Å². The Morgan fingerprint density at radius 3 is 1.84 bits per heavy atom. The fraction of sp³-hybridized carbons (Fsp3) is 0.800. The van der Waals surface area contributed by atoms with E-state index >= 15 is 0 Å². The second-order valence-electron chi connectivity index (χ2n) is 3.16. The summed E-state index contributed by atoms with van der Waals surface area (Å²) in [7, 11) is 0. The van der Waals surface area contributed by atoms with Crippen LogP contribution in [0.25, 0.3) is 0 Å². The Bertz CT molecular complexity index is 221. The van der Waals surface area contributed by atoms with Gasteiger partial charge in [-0.05, 0) is 13.8 Å². The highest BCUT2D eigenvalue weighted by molar-refractivity contribution is 7.81. The Labute approximate surface area is 124 Å². The number of hydrogen-bond acceptors (Lipinski definition) is 9. The van der Waals surface area contributed by atoms with E-state index in [1.165, 1.54) is 0 Å². The highest BCUT2D eigenvalue weighted by Crippen LogP contribution is 2.02. The van der Waals surface area contributed by atoms with Crippen molar-refractivity contribution in [2.45, 2.75) is 38.7 Å². The molecule has 0 radical (unpaired) electrons. The van der Waals surface area contributed by atoms with Crippen molar-refractivity contribution in [2.24, 2.45) is 5.73 Å². The van der Waals surface area contributed by atoms with E-state index in [9.17, 15) is 9.59 Å². The van der Waals surface area contributed by atoms with Crippen LogP contribution in [-0.4, -0.2) is 45.9 Å². The van der Waals surface area contributed by atoms with E-state index < -0.39 is 29.7 Å². The highest BCUT2D eigenvalue weighted by atomic mass is 32.1. The molecule has 0 heterocycles. The Hall–Kier alpha value is -0.480. The van der Waals surface area contributed by atoms with Gasteiger partial charge >= 0.3 is 11.9 Å². The van der Waals surface area contributed by atoms with Crippen molar-refractivity contribution in [1.29, 1.82) is 0 Å². The van der Waals surface area contributed by atoms with Gasteiger partial charge in [0.15, 0.2) is 6.79 Å². The lowest BCUT2D eigenvalue weighted by atomic mass is 10.3. The number of hydrogen-bond donors (Lipinski definition) is 5. The number of ether oxygens (including phenoxy) is 2. The zero-order valence-corrected chi connectivity index (χ0v) is 13.3. The Morgan fingerprint density at radius 2 is 1.58 bits per heavy atom. The molecule has 4 N–H and O–H groups in total. The minimum Gasteiger partial charge on any atom is -0.453 e. The first-order valence-corrected chi connectivity index (χ1v) is 6.46. The van der Waals surface area contributed by atoms with E-state index in [1.54, 1.807) is 13.8 Å². The summed E-state index contributed by atoms with van der Waals surface area (Å²) in [5.74, 6) is -2.15. The van der Waals surface area contributed by atoms with Gasteiger partial charge in [-0.3, -0.25) is 0 Å². The van der Waals surface area contributed by atoms with Gasteiger partial charge in [-0.15, -0.1) is 25.3 Å². The van der Waals surface area contributed by atoms with Crippen LogP contribution < -0.4 is 5.73 Å². The van der Waals surface area contributed by atoms with Crippen LogP contribution in [0, 0.1) is 0 Å². The van der Waals surface area contributed by atoms with Crippen molar-refractivity contribution in [1.82, 2.24) is 0 Å². The average Bonchev–Trinajstić information content (AvgIpc) is 2.29. The van der Waals surface area contributed by atoms with Crippen LogP contribution >= 0.6 is 25.3 Å². The summed E-state index contributed by atoms with van der Waals surface area (Å²) in [6.07, 6.45) is 0. The first kappa shape index (κ1) is 23.6. The number of aliphatic hydroxyl groups excluding tert-OH is 1. The van der Waals surface area contributed by atoms with Crippen LogP contribution in [0.3, 0.4) is 0 Å². The summed E-state index contributed by atoms with van der Waals surface area (Å²) in [5, 5.41) is 16.5. The van der Waals surface area contributed by atoms with E-state index in [2.05, 4.69) is 34.7 Å². The minimum atomic E-state index is -1.52. The number of esters is 2. The molecule has 7 nitrogen and oxygen atoms in total. The van der Waals surface area contributed by atoms with Crippen LogP contribution in [0.2, 0.25) is 0 Å². The summed E-state index contributed by atoms with van der Waals surface area (Å²) in [6.45, 7) is 6.40. The summed E-state index contributed by atoms with van der Waals surface area (Å²) in [5.41, 5.74) is 5.04. The fourth-order valence-corrected chi connectivity index (χ4v) is 0.530. The van der Waals surface area contributed by atoms with E-state index in [4.69, 9.17) is 15.9 Å². The molecule has 0 aliphatic rings. The minimum absolute atomic E-state index is 0.168. The third-order valence-corrected chi connectivity index (χ3v) is 1.05. The lowest BCUT2D eigenvalue weighted by Gasteiger charge is -2.07. The zero-order chi connectivity index (χ0) is 16.1. The molecule has 0 aliphatic heterocycles. The van der Waals surface area contributed by atoms with Crippen molar-refractivity contribution in [2.75, 3.05) is 12.7 Å². The molecule has 0 aromatic carbocycles. The summed E-state index contributed by atoms with van der Waals surface area (Å²) >= 11 is 7.25. The molecule has 0 fully saturated rings. The summed E-state index contributed by atoms with van der Waals surface area (Å²) in [6, 6.07) is -1.52. The van der Waals surface area contributed by atoms with Gasteiger partial charge in [0.1, 0.15) is 10.9 Å². The number of carbonyl (C=O) groups is 2. The smallest absolute Gasteiger partial charge is 0.336 e. The second-order valence-corrected chi connectivity index (χ2v) is 4.51. The molecule has 116 valence electrons. The predicted molar refractivity (Wildman–Crippen MR) is 77.7 cm³/mol. The van der Waals surface area contributed by atoms with E-state index in [-0.39, 0.29) is 5.94 Å². The molecular formula is C10H23NO6S2. The second kappa shape index (κ2) is 13.9. The third kappa shape index (κ3) is 23.1. The van der Waals surface area contributed by atoms with Crippen molar-refractivity contribution in [3.63, 3.8) is 0 Å². The first-order chi connectivity index (χ1) is 8.63. The van der Waals surface area contributed by atoms with Crippen molar-refractivity contribution >= 4 is 37.2 Å². The lowest BCUT2D eigenvalue weighted by Crippen LogP contribution is -2.41. The molecule has 1 atom stereocenters. The van der Waals surface area contributed by atoms with Gasteiger partial charge in [-0.25, -0.2) is 9.59 Å². The van der Waals surface area contributed by atoms with Gasteiger partial charge < -0.3 is 25.4 Å². The predicted octanol–water partition coefficient (Wildman–Crippen LogP) is -0.0920. The molecule has 0 aliphatic carbocycles. The van der Waals surface area contributed by atoms with E-state index in [1.807, 2.05) is 13.8 Å². The molecule has 9 heteroatoms. The molecule has 1 unspecified atom stereocenters. The average molecular weight is 317 g/mol. The molecule has 0 rings (SSSR count). The van der Waals surface area contributed by atoms with Crippen molar-refractivity contribution in [3.05, 3.63) is 0 Å². The van der Waals surface area contributed by atoms with E-state index in [0.29, 0.717) is 0 Å². The van der Waals surface area contributed by atoms with Gasteiger partial charge in [0, 0.05) is 0 Å². The van der Waals surface area contributed by atoms with Crippen LogP contribution in [0.5, 0.6) is 0 Å². The maximum absolute atomic E-state index is 10.7. The van der Waals surface area contributed by atoms with Crippen LogP contribution in [-0.2, 0) is 19.1 Å². The Morgan fingerprint density at radius 1 is 1.26 bits per heavy atom. The quantitative estimate of drug-likeness (QED) is 0.213. The Kier molecular flexibility index (Phi) is 17.3. The SMILES string of the molecule is CC.CC(C)(O)S.NC(C(=O)OCO)C(=O)OCS. The van der Waals surface area contributed by atoms with Gasteiger partial charge in [0.2, 0.25) is 6.04 Å². The monoisotopic (exact) mass is 317 g/mol. The molecule has 0 spiro atoms.